The Morgan fingerprint density at radius 2 is 2.11 bits per heavy atom. The van der Waals surface area contributed by atoms with E-state index in [4.69, 9.17) is 15.2 Å². The number of hydrogen-bond acceptors (Lipinski definition) is 5. The third-order valence-corrected chi connectivity index (χ3v) is 2.43. The van der Waals surface area contributed by atoms with Crippen molar-refractivity contribution in [1.82, 2.24) is 4.57 Å². The minimum atomic E-state index is -0.382. The molecule has 0 saturated carbocycles. The van der Waals surface area contributed by atoms with E-state index >= 15 is 0 Å². The maximum Gasteiger partial charge on any atom is 0.354 e. The van der Waals surface area contributed by atoms with Gasteiger partial charge in [0.15, 0.2) is 0 Å². The quantitative estimate of drug-likeness (QED) is 0.552. The largest absolute Gasteiger partial charge is 0.464 e. The molecule has 1 rings (SSSR count). The van der Waals surface area contributed by atoms with E-state index in [1.165, 1.54) is 7.11 Å². The summed E-state index contributed by atoms with van der Waals surface area (Å²) < 4.78 is 16.7. The van der Waals surface area contributed by atoms with Gasteiger partial charge in [0.1, 0.15) is 5.69 Å². The number of methoxy groups -OCH3 is 2. The lowest BCUT2D eigenvalue weighted by atomic mass is 10.4. The zero-order valence-electron chi connectivity index (χ0n) is 10.8. The average Bonchev–Trinajstić information content (AvgIpc) is 2.74. The molecule has 1 aromatic heterocycles. The summed E-state index contributed by atoms with van der Waals surface area (Å²) in [4.78, 5) is 11.5. The van der Waals surface area contributed by atoms with Crippen LogP contribution in [0, 0.1) is 0 Å². The van der Waals surface area contributed by atoms with Gasteiger partial charge in [-0.1, -0.05) is 0 Å². The molecule has 0 aliphatic heterocycles. The minimum absolute atomic E-state index is 0.382. The van der Waals surface area contributed by atoms with Gasteiger partial charge in [0.25, 0.3) is 0 Å². The normalized spacial score (nSPS) is 10.6. The monoisotopic (exact) mass is 256 g/mol. The number of nitrogen functional groups attached to an aromatic ring is 1. The van der Waals surface area contributed by atoms with Crippen LogP contribution in [0.3, 0.4) is 0 Å². The van der Waals surface area contributed by atoms with Gasteiger partial charge in [-0.05, 0) is 12.5 Å². The van der Waals surface area contributed by atoms with Crippen molar-refractivity contribution in [2.75, 3.05) is 39.8 Å². The molecule has 0 atom stereocenters. The number of nitrogens with zero attached hydrogens (tertiary/aromatic N) is 1. The summed E-state index contributed by atoms with van der Waals surface area (Å²) in [5, 5.41) is 0. The van der Waals surface area contributed by atoms with Crippen molar-refractivity contribution < 1.29 is 19.0 Å². The summed E-state index contributed by atoms with van der Waals surface area (Å²) in [5.74, 6) is -0.382. The zero-order valence-corrected chi connectivity index (χ0v) is 10.8. The molecular formula is C12H20N2O4. The van der Waals surface area contributed by atoms with Gasteiger partial charge in [0.05, 0.1) is 26.0 Å². The molecule has 0 unspecified atom stereocenters. The summed E-state index contributed by atoms with van der Waals surface area (Å²) in [6.45, 7) is 2.44. The number of hydrogen-bond donors (Lipinski definition) is 1. The molecule has 0 amide bonds. The van der Waals surface area contributed by atoms with E-state index in [1.54, 1.807) is 23.9 Å². The van der Waals surface area contributed by atoms with Crippen LogP contribution in [-0.2, 0) is 20.8 Å². The highest BCUT2D eigenvalue weighted by Gasteiger charge is 2.12. The maximum absolute atomic E-state index is 11.5. The second kappa shape index (κ2) is 7.73. The van der Waals surface area contributed by atoms with Gasteiger partial charge in [0.2, 0.25) is 0 Å². The number of nitrogens with two attached hydrogens (primary N) is 1. The van der Waals surface area contributed by atoms with Crippen LogP contribution < -0.4 is 5.73 Å². The molecule has 0 aromatic carbocycles. The molecule has 1 heterocycles. The summed E-state index contributed by atoms with van der Waals surface area (Å²) in [5.41, 5.74) is 6.68. The van der Waals surface area contributed by atoms with E-state index < -0.39 is 0 Å². The van der Waals surface area contributed by atoms with Crippen molar-refractivity contribution in [1.29, 1.82) is 0 Å². The van der Waals surface area contributed by atoms with E-state index in [0.29, 0.717) is 37.7 Å². The third kappa shape index (κ3) is 4.38. The summed E-state index contributed by atoms with van der Waals surface area (Å²) in [6.07, 6.45) is 2.52. The smallest absolute Gasteiger partial charge is 0.354 e. The summed E-state index contributed by atoms with van der Waals surface area (Å²) in [6, 6.07) is 1.61. The molecule has 0 aliphatic carbocycles. The first-order valence-corrected chi connectivity index (χ1v) is 5.79. The molecule has 18 heavy (non-hydrogen) atoms. The third-order valence-electron chi connectivity index (χ3n) is 2.43. The van der Waals surface area contributed by atoms with Crippen LogP contribution in [0.2, 0.25) is 0 Å². The van der Waals surface area contributed by atoms with Gasteiger partial charge in [-0.25, -0.2) is 4.79 Å². The Labute approximate surface area is 107 Å². The Morgan fingerprint density at radius 1 is 1.33 bits per heavy atom. The van der Waals surface area contributed by atoms with Crippen LogP contribution in [0.4, 0.5) is 5.69 Å². The Hall–Kier alpha value is -1.53. The topological polar surface area (TPSA) is 75.7 Å². The molecule has 0 radical (unpaired) electrons. The van der Waals surface area contributed by atoms with Crippen LogP contribution >= 0.6 is 0 Å². The predicted octanol–water partition coefficient (Wildman–Crippen LogP) is 0.910. The molecule has 1 aromatic rings. The van der Waals surface area contributed by atoms with Crippen LogP contribution in [-0.4, -0.2) is 44.6 Å². The van der Waals surface area contributed by atoms with E-state index in [9.17, 15) is 4.79 Å². The molecule has 6 heteroatoms. The predicted molar refractivity (Wildman–Crippen MR) is 67.5 cm³/mol. The molecule has 102 valence electrons. The highest BCUT2D eigenvalue weighted by atomic mass is 16.5. The van der Waals surface area contributed by atoms with Crippen molar-refractivity contribution in [3.8, 4) is 0 Å². The molecule has 0 bridgehead atoms. The first kappa shape index (κ1) is 14.5. The molecule has 6 nitrogen and oxygen atoms in total. The van der Waals surface area contributed by atoms with Crippen molar-refractivity contribution >= 4 is 11.7 Å². The van der Waals surface area contributed by atoms with E-state index in [-0.39, 0.29) is 5.97 Å². The number of rotatable bonds is 8. The number of aryl methyl sites for hydroxylation is 1. The second-order valence-electron chi connectivity index (χ2n) is 3.80. The highest BCUT2D eigenvalue weighted by Crippen LogP contribution is 2.12. The van der Waals surface area contributed by atoms with Gasteiger partial charge < -0.3 is 24.5 Å². The van der Waals surface area contributed by atoms with E-state index in [2.05, 4.69) is 4.74 Å². The van der Waals surface area contributed by atoms with Crippen molar-refractivity contribution in [2.24, 2.45) is 0 Å². The molecular weight excluding hydrogens is 236 g/mol. The Kier molecular flexibility index (Phi) is 6.24. The first-order valence-electron chi connectivity index (χ1n) is 5.79. The number of ether oxygens (including phenoxy) is 3. The van der Waals surface area contributed by atoms with E-state index in [0.717, 1.165) is 6.42 Å². The van der Waals surface area contributed by atoms with Crippen LogP contribution in [0.15, 0.2) is 12.3 Å². The summed E-state index contributed by atoms with van der Waals surface area (Å²) >= 11 is 0. The van der Waals surface area contributed by atoms with E-state index in [1.807, 2.05) is 0 Å². The molecule has 0 fully saturated rings. The van der Waals surface area contributed by atoms with Gasteiger partial charge >= 0.3 is 5.97 Å². The Morgan fingerprint density at radius 3 is 2.78 bits per heavy atom. The Bertz CT molecular complexity index is 376. The molecule has 2 N–H and O–H groups in total. The lowest BCUT2D eigenvalue weighted by Crippen LogP contribution is -2.12. The molecule has 0 aliphatic rings. The number of carbonyl (C=O) groups excluding carboxylic acids is 1. The standard InChI is InChI=1S/C12H20N2O4/c1-16-6-7-18-5-3-4-14-9-10(13)8-11(14)12(15)17-2/h8-9H,3-7,13H2,1-2H3. The van der Waals surface area contributed by atoms with Crippen molar-refractivity contribution in [3.05, 3.63) is 18.0 Å². The van der Waals surface area contributed by atoms with Crippen LogP contribution in [0.5, 0.6) is 0 Å². The zero-order chi connectivity index (χ0) is 13.4. The SMILES string of the molecule is COCCOCCCn1cc(N)cc1C(=O)OC. The fourth-order valence-electron chi connectivity index (χ4n) is 1.57. The maximum atomic E-state index is 11.5. The number of carbonyl (C=O) groups is 1. The second-order valence-corrected chi connectivity index (χ2v) is 3.80. The van der Waals surface area contributed by atoms with Crippen LogP contribution in [0.1, 0.15) is 16.9 Å². The van der Waals surface area contributed by atoms with Gasteiger partial charge in [0, 0.05) is 26.5 Å². The fraction of sp³-hybridized carbons (Fsp3) is 0.583. The number of aromatic nitrogens is 1. The molecule has 0 spiro atoms. The van der Waals surface area contributed by atoms with Gasteiger partial charge in [-0.3, -0.25) is 0 Å². The van der Waals surface area contributed by atoms with Gasteiger partial charge in [-0.2, -0.15) is 0 Å². The lowest BCUT2D eigenvalue weighted by molar-refractivity contribution is 0.0581. The summed E-state index contributed by atoms with van der Waals surface area (Å²) in [7, 11) is 2.98. The van der Waals surface area contributed by atoms with Crippen molar-refractivity contribution in [2.45, 2.75) is 13.0 Å². The van der Waals surface area contributed by atoms with Crippen LogP contribution in [0.25, 0.3) is 0 Å². The number of anilines is 1. The Balaban J connectivity index is 2.39. The molecule has 0 saturated heterocycles. The van der Waals surface area contributed by atoms with Gasteiger partial charge in [-0.15, -0.1) is 0 Å². The first-order chi connectivity index (χ1) is 8.69. The number of esters is 1. The fourth-order valence-corrected chi connectivity index (χ4v) is 1.57. The van der Waals surface area contributed by atoms with Crippen molar-refractivity contribution in [3.63, 3.8) is 0 Å². The average molecular weight is 256 g/mol. The lowest BCUT2D eigenvalue weighted by Gasteiger charge is -2.07. The minimum Gasteiger partial charge on any atom is -0.464 e. The highest BCUT2D eigenvalue weighted by molar-refractivity contribution is 5.88.